The van der Waals surface area contributed by atoms with Gasteiger partial charge in [0.25, 0.3) is 0 Å². The van der Waals surface area contributed by atoms with E-state index in [4.69, 9.17) is 10.00 Å². The first-order valence-corrected chi connectivity index (χ1v) is 38.4. The number of carboxylic acid groups (broad SMARTS) is 1. The minimum atomic E-state index is -0.661. The highest BCUT2D eigenvalue weighted by Gasteiger charge is 2.50. The van der Waals surface area contributed by atoms with Crippen LogP contribution in [0.15, 0.2) is 97.1 Å². The number of esters is 1. The van der Waals surface area contributed by atoms with Crippen molar-refractivity contribution in [3.63, 3.8) is 0 Å². The lowest BCUT2D eigenvalue weighted by molar-refractivity contribution is -0.141. The monoisotopic (exact) mass is 1420 g/mol. The average Bonchev–Trinajstić information content (AvgIpc) is 0.915. The van der Waals surface area contributed by atoms with Gasteiger partial charge in [0.1, 0.15) is 12.1 Å². The third-order valence-electron chi connectivity index (χ3n) is 23.7. The van der Waals surface area contributed by atoms with Crippen LogP contribution in [0.1, 0.15) is 259 Å². The number of rotatable bonds is 17. The number of fused-ring (bicyclic) bond motifs is 8. The lowest BCUT2D eigenvalue weighted by Gasteiger charge is -2.47. The first-order valence-electron chi connectivity index (χ1n) is 38.4. The number of amides is 5. The SMILES string of the molecule is CC(=O)NC1CCC2(CCN(C(=O)OC(C)(C)C)CC2)c2ccccc21.CC(=O)N[C@H]1CC2(CCN(CC(=O)N(CC#N)C(C)C)CC2)c2ccccc21.CC(C)CCN1CCC2(CC1)CC(C(=O)O)c1ccccc12.COC(=O)CCCCCN1CCC2(CC1)C[C@H](NC(C)=O)c1ccccc12.[HH].[HH].[HH].[HH]. The minimum Gasteiger partial charge on any atom is -0.481 e. The van der Waals surface area contributed by atoms with Gasteiger partial charge in [0.05, 0.1) is 43.8 Å². The highest BCUT2D eigenvalue weighted by Crippen LogP contribution is 2.54. The van der Waals surface area contributed by atoms with Crippen LogP contribution < -0.4 is 16.0 Å². The number of nitrogens with zero attached hydrogens (tertiary/aromatic N) is 6. The highest BCUT2D eigenvalue weighted by atomic mass is 16.6. The van der Waals surface area contributed by atoms with E-state index in [1.165, 1.54) is 59.0 Å². The summed E-state index contributed by atoms with van der Waals surface area (Å²) in [6.07, 6.45) is 17.8. The molecule has 4 fully saturated rings. The van der Waals surface area contributed by atoms with Gasteiger partial charge in [-0.3, -0.25) is 33.7 Å². The van der Waals surface area contributed by atoms with Gasteiger partial charge in [-0.1, -0.05) is 117 Å². The summed E-state index contributed by atoms with van der Waals surface area (Å²) in [6, 6.07) is 36.2. The van der Waals surface area contributed by atoms with Crippen molar-refractivity contribution in [2.75, 3.05) is 85.6 Å². The Hall–Kier alpha value is -7.66. The van der Waals surface area contributed by atoms with Crippen LogP contribution in [0.25, 0.3) is 0 Å². The second-order valence-electron chi connectivity index (χ2n) is 32.5. The molecule has 4 aliphatic heterocycles. The topological polar surface area (TPSA) is 234 Å². The van der Waals surface area contributed by atoms with Crippen LogP contribution in [0.3, 0.4) is 0 Å². The molecule has 4 aliphatic carbocycles. The molecule has 4 aromatic rings. The number of nitriles is 1. The molecule has 8 aliphatic rings. The minimum absolute atomic E-state index is 0. The molecule has 5 amide bonds. The van der Waals surface area contributed by atoms with Gasteiger partial charge in [0.15, 0.2) is 0 Å². The maximum atomic E-state index is 12.6. The molecule has 19 heteroatoms. The summed E-state index contributed by atoms with van der Waals surface area (Å²) in [7, 11) is 1.45. The molecular weight excluding hydrogens is 1290 g/mol. The summed E-state index contributed by atoms with van der Waals surface area (Å²) in [6.45, 7) is 29.2. The second-order valence-corrected chi connectivity index (χ2v) is 32.5. The Bertz CT molecular complexity index is 3620. The lowest BCUT2D eigenvalue weighted by Crippen LogP contribution is -2.49. The van der Waals surface area contributed by atoms with Crippen molar-refractivity contribution >= 4 is 41.7 Å². The van der Waals surface area contributed by atoms with Crippen LogP contribution in [0.4, 0.5) is 4.79 Å². The van der Waals surface area contributed by atoms with Crippen molar-refractivity contribution in [3.8, 4) is 6.07 Å². The zero-order valence-corrected chi connectivity index (χ0v) is 63.7. The molecule has 2 unspecified atom stereocenters. The Balaban J connectivity index is 0.000000254. The van der Waals surface area contributed by atoms with E-state index in [2.05, 4.69) is 128 Å². The number of likely N-dealkylation sites (tertiary alicyclic amines) is 4. The van der Waals surface area contributed by atoms with Gasteiger partial charge in [0.2, 0.25) is 23.6 Å². The molecule has 4 N–H and O–H groups in total. The lowest BCUT2D eigenvalue weighted by atomic mass is 9.63. The van der Waals surface area contributed by atoms with Crippen LogP contribution >= 0.6 is 0 Å². The molecule has 19 nitrogen and oxygen atoms in total. The zero-order valence-electron chi connectivity index (χ0n) is 63.7. The summed E-state index contributed by atoms with van der Waals surface area (Å²) in [5.41, 5.74) is 10.3. The number of carbonyl (C=O) groups is 7. The molecule has 0 radical (unpaired) electrons. The molecule has 0 aromatic heterocycles. The number of nitrogens with one attached hydrogen (secondary N) is 3. The summed E-state index contributed by atoms with van der Waals surface area (Å²) >= 11 is 0. The summed E-state index contributed by atoms with van der Waals surface area (Å²) in [5.74, 6) is -0.230. The quantitative estimate of drug-likeness (QED) is 0.0437. The fourth-order valence-corrected chi connectivity index (χ4v) is 18.2. The van der Waals surface area contributed by atoms with Crippen LogP contribution in [-0.2, 0) is 59.9 Å². The maximum Gasteiger partial charge on any atom is 0.410 e. The molecule has 12 rings (SSSR count). The average molecular weight is 1420 g/mol. The van der Waals surface area contributed by atoms with Crippen molar-refractivity contribution in [2.45, 2.75) is 242 Å². The summed E-state index contributed by atoms with van der Waals surface area (Å²) in [4.78, 5) is 93.3. The van der Waals surface area contributed by atoms with E-state index < -0.39 is 11.6 Å². The standard InChI is InChI=1S/C22H30N4O2.C22H32N2O3.C21H30N2O3.C19H27NO2.4H2/c1-16(2)26(13-10-23)21(28)15-25-11-8-22(9-12-25)14-20(24-17(3)27)18-6-4-5-7-19(18)22;1-17(25)23-20-16-22(19-9-6-5-8-18(19)20)11-14-24(15-12-22)13-7-3-4-10-21(26)27-2;1-15(24)22-18-9-10-21(17-8-6-5-7-16(17)18)11-13-23(14-12-21)19(25)26-20(2,3)4;1-14(2)7-10-20-11-8-19(9-12-20)13-16(18(21)22)15-5-3-4-6-17(15)19;;;;/h4-7,16,20H,8-9,11-15H2,1-3H3,(H,24,27);5-6,8-9,20H,3-4,7,10-16H2,1-2H3,(H,23,25);5-8,18H,9-14H2,1-4H3,(H,22,24);3-6,14,16H,7-13H2,1-2H3,(H,21,22);4*1H/t2*20-;;;;;;/m00....../s1. The number of unbranched alkanes of at least 4 members (excludes halogenated alkanes) is 2. The third-order valence-corrected chi connectivity index (χ3v) is 23.7. The van der Waals surface area contributed by atoms with Gasteiger partial charge in [0, 0.05) is 62.9 Å². The largest absolute Gasteiger partial charge is 0.481 e. The number of aliphatic carboxylic acids is 1. The molecule has 103 heavy (non-hydrogen) atoms. The van der Waals surface area contributed by atoms with Crippen molar-refractivity contribution in [1.82, 2.24) is 40.4 Å². The Morgan fingerprint density at radius 2 is 0.981 bits per heavy atom. The van der Waals surface area contributed by atoms with E-state index >= 15 is 0 Å². The van der Waals surface area contributed by atoms with E-state index in [1.54, 1.807) is 25.7 Å². The molecule has 0 saturated carbocycles. The molecule has 568 valence electrons. The number of hydrogen-bond donors (Lipinski definition) is 4. The van der Waals surface area contributed by atoms with E-state index in [-0.39, 0.29) is 99.7 Å². The molecule has 0 bridgehead atoms. The van der Waals surface area contributed by atoms with Crippen molar-refractivity contribution in [2.24, 2.45) is 5.92 Å². The van der Waals surface area contributed by atoms with Crippen molar-refractivity contribution in [3.05, 3.63) is 142 Å². The van der Waals surface area contributed by atoms with Gasteiger partial charge in [-0.15, -0.1) is 0 Å². The normalized spacial score (nSPS) is 21.7. The Morgan fingerprint density at radius 3 is 1.43 bits per heavy atom. The number of carbonyl (C=O) groups excluding carboxylic acids is 6. The Labute approximate surface area is 619 Å². The number of carboxylic acids is 1. The fraction of sp³-hybridized carbons (Fsp3) is 0.619. The Morgan fingerprint density at radius 1 is 0.563 bits per heavy atom. The predicted octanol–water partition coefficient (Wildman–Crippen LogP) is 14.2. The number of ether oxygens (including phenoxy) is 2. The second kappa shape index (κ2) is 35.4. The molecule has 4 aromatic carbocycles. The van der Waals surface area contributed by atoms with E-state index in [0.717, 1.165) is 160 Å². The predicted molar refractivity (Wildman–Crippen MR) is 411 cm³/mol. The van der Waals surface area contributed by atoms with Gasteiger partial charge in [-0.2, -0.15) is 5.26 Å². The van der Waals surface area contributed by atoms with E-state index in [1.807, 2.05) is 63.8 Å². The fourth-order valence-electron chi connectivity index (χ4n) is 18.2. The molecule has 4 heterocycles. The van der Waals surface area contributed by atoms with Crippen LogP contribution in [-0.4, -0.2) is 169 Å². The van der Waals surface area contributed by atoms with Crippen LogP contribution in [0.5, 0.6) is 0 Å². The number of piperidine rings is 4. The van der Waals surface area contributed by atoms with E-state index in [0.29, 0.717) is 26.1 Å². The molecule has 4 saturated heterocycles. The summed E-state index contributed by atoms with van der Waals surface area (Å²) in [5, 5.41) is 27.9. The Kier molecular flexibility index (Phi) is 27.3. The van der Waals surface area contributed by atoms with Crippen LogP contribution in [0.2, 0.25) is 0 Å². The van der Waals surface area contributed by atoms with Gasteiger partial charge >= 0.3 is 18.0 Å². The smallest absolute Gasteiger partial charge is 0.410 e. The van der Waals surface area contributed by atoms with Gasteiger partial charge < -0.3 is 50.1 Å². The molecular formula is C84H127N9O10. The van der Waals surface area contributed by atoms with Gasteiger partial charge in [-0.25, -0.2) is 4.79 Å². The first kappa shape index (κ1) is 79.5. The van der Waals surface area contributed by atoms with Crippen LogP contribution in [0, 0.1) is 17.2 Å². The highest BCUT2D eigenvalue weighted by molar-refractivity contribution is 5.80. The maximum absolute atomic E-state index is 12.6. The number of benzene rings is 4. The number of hydrogen-bond acceptors (Lipinski definition) is 13. The third kappa shape index (κ3) is 20.0. The summed E-state index contributed by atoms with van der Waals surface area (Å²) < 4.78 is 10.2. The van der Waals surface area contributed by atoms with Crippen molar-refractivity contribution in [1.29, 1.82) is 5.26 Å². The zero-order chi connectivity index (χ0) is 74.3. The van der Waals surface area contributed by atoms with Crippen molar-refractivity contribution < 1.29 is 53.8 Å². The molecule has 4 atom stereocenters. The van der Waals surface area contributed by atoms with E-state index in [9.17, 15) is 38.7 Å². The number of methoxy groups -OCH3 is 1. The first-order chi connectivity index (χ1) is 49.1. The molecule has 4 spiro atoms. The van der Waals surface area contributed by atoms with Gasteiger partial charge in [-0.05, 0) is 251 Å².